The van der Waals surface area contributed by atoms with Gasteiger partial charge in [-0.15, -0.1) is 11.3 Å². The molecule has 0 spiro atoms. The lowest BCUT2D eigenvalue weighted by atomic mass is 9.93. The molecule has 1 N–H and O–H groups in total. The van der Waals surface area contributed by atoms with Gasteiger partial charge in [0.15, 0.2) is 16.6 Å². The number of ether oxygens (including phenoxy) is 2. The first kappa shape index (κ1) is 18.7. The van der Waals surface area contributed by atoms with E-state index in [-0.39, 0.29) is 28.2 Å². The maximum Gasteiger partial charge on any atom is 0.286 e. The smallest absolute Gasteiger partial charge is 0.286 e. The Morgan fingerprint density at radius 2 is 1.84 bits per heavy atom. The first-order chi connectivity index (χ1) is 11.7. The number of thiazole rings is 1. The average molecular weight is 365 g/mol. The SMILES string of the molecule is COc1cc(C(=O)Nc2nc(C(C)(C)C)cs2)c([N+](=O)[O-])cc1OC. The van der Waals surface area contributed by atoms with Crippen LogP contribution in [0.4, 0.5) is 10.8 Å². The van der Waals surface area contributed by atoms with Gasteiger partial charge in [-0.05, 0) is 0 Å². The van der Waals surface area contributed by atoms with Crippen molar-refractivity contribution in [3.63, 3.8) is 0 Å². The van der Waals surface area contributed by atoms with Crippen molar-refractivity contribution in [2.24, 2.45) is 0 Å². The molecule has 0 aliphatic carbocycles. The van der Waals surface area contributed by atoms with Crippen LogP contribution in [0.2, 0.25) is 0 Å². The highest BCUT2D eigenvalue weighted by molar-refractivity contribution is 7.14. The van der Waals surface area contributed by atoms with Crippen LogP contribution in [-0.2, 0) is 5.41 Å². The molecule has 0 atom stereocenters. The summed E-state index contributed by atoms with van der Waals surface area (Å²) < 4.78 is 10.2. The van der Waals surface area contributed by atoms with Crippen LogP contribution in [-0.4, -0.2) is 30.0 Å². The van der Waals surface area contributed by atoms with E-state index in [9.17, 15) is 14.9 Å². The van der Waals surface area contributed by atoms with Crippen LogP contribution in [0.25, 0.3) is 0 Å². The summed E-state index contributed by atoms with van der Waals surface area (Å²) in [5.74, 6) is -0.231. The van der Waals surface area contributed by atoms with E-state index in [1.165, 1.54) is 31.6 Å². The summed E-state index contributed by atoms with van der Waals surface area (Å²) in [6, 6.07) is 2.45. The highest BCUT2D eigenvalue weighted by atomic mass is 32.1. The molecule has 134 valence electrons. The van der Waals surface area contributed by atoms with E-state index < -0.39 is 10.8 Å². The molecule has 1 aromatic heterocycles. The van der Waals surface area contributed by atoms with Crippen LogP contribution >= 0.6 is 11.3 Å². The molecule has 1 aromatic carbocycles. The molecule has 0 fully saturated rings. The highest BCUT2D eigenvalue weighted by Gasteiger charge is 2.26. The van der Waals surface area contributed by atoms with Gasteiger partial charge in [0, 0.05) is 16.9 Å². The van der Waals surface area contributed by atoms with Gasteiger partial charge in [-0.1, -0.05) is 20.8 Å². The fraction of sp³-hybridized carbons (Fsp3) is 0.375. The van der Waals surface area contributed by atoms with Crippen molar-refractivity contribution in [3.8, 4) is 11.5 Å². The summed E-state index contributed by atoms with van der Waals surface area (Å²) in [4.78, 5) is 27.5. The molecular formula is C16H19N3O5S. The Kier molecular flexibility index (Phi) is 5.27. The number of rotatable bonds is 5. The zero-order chi connectivity index (χ0) is 18.8. The number of nitrogens with one attached hydrogen (secondary N) is 1. The molecular weight excluding hydrogens is 346 g/mol. The minimum absolute atomic E-state index is 0.129. The molecule has 0 aliphatic rings. The van der Waals surface area contributed by atoms with E-state index in [1.807, 2.05) is 26.2 Å². The van der Waals surface area contributed by atoms with E-state index in [0.717, 1.165) is 11.8 Å². The van der Waals surface area contributed by atoms with Gasteiger partial charge in [0.05, 0.1) is 30.9 Å². The van der Waals surface area contributed by atoms with Gasteiger partial charge in [-0.25, -0.2) is 4.98 Å². The minimum Gasteiger partial charge on any atom is -0.493 e. The molecule has 0 unspecified atom stereocenters. The van der Waals surface area contributed by atoms with Gasteiger partial charge in [-0.2, -0.15) is 0 Å². The number of benzene rings is 1. The molecule has 0 saturated heterocycles. The summed E-state index contributed by atoms with van der Waals surface area (Å²) in [6.45, 7) is 6.02. The number of nitro groups is 1. The van der Waals surface area contributed by atoms with Crippen LogP contribution in [0.1, 0.15) is 36.8 Å². The number of hydrogen-bond acceptors (Lipinski definition) is 7. The quantitative estimate of drug-likeness (QED) is 0.641. The predicted octanol–water partition coefficient (Wildman–Crippen LogP) is 3.62. The van der Waals surface area contributed by atoms with Gasteiger partial charge >= 0.3 is 0 Å². The Bertz CT molecular complexity index is 811. The lowest BCUT2D eigenvalue weighted by molar-refractivity contribution is -0.385. The van der Waals surface area contributed by atoms with E-state index >= 15 is 0 Å². The number of nitro benzene ring substituents is 1. The second-order valence-electron chi connectivity index (χ2n) is 6.22. The van der Waals surface area contributed by atoms with E-state index in [0.29, 0.717) is 5.13 Å². The lowest BCUT2D eigenvalue weighted by Gasteiger charge is -2.14. The number of carbonyl (C=O) groups excluding carboxylic acids is 1. The lowest BCUT2D eigenvalue weighted by Crippen LogP contribution is -2.15. The second-order valence-corrected chi connectivity index (χ2v) is 7.08. The summed E-state index contributed by atoms with van der Waals surface area (Å²) >= 11 is 1.26. The van der Waals surface area contributed by atoms with Gasteiger partial charge < -0.3 is 9.47 Å². The first-order valence-electron chi connectivity index (χ1n) is 7.35. The van der Waals surface area contributed by atoms with Crippen LogP contribution in [0.15, 0.2) is 17.5 Å². The zero-order valence-electron chi connectivity index (χ0n) is 14.6. The largest absolute Gasteiger partial charge is 0.493 e. The summed E-state index contributed by atoms with van der Waals surface area (Å²) in [5.41, 5.74) is 0.168. The van der Waals surface area contributed by atoms with Crippen molar-refractivity contribution in [1.29, 1.82) is 0 Å². The van der Waals surface area contributed by atoms with Crippen molar-refractivity contribution in [2.75, 3.05) is 19.5 Å². The molecule has 25 heavy (non-hydrogen) atoms. The van der Waals surface area contributed by atoms with E-state index in [2.05, 4.69) is 10.3 Å². The normalized spacial score (nSPS) is 11.1. The molecule has 0 aliphatic heterocycles. The molecule has 0 bridgehead atoms. The van der Waals surface area contributed by atoms with Crippen molar-refractivity contribution >= 4 is 28.1 Å². The second kappa shape index (κ2) is 7.06. The number of amides is 1. The van der Waals surface area contributed by atoms with E-state index in [1.54, 1.807) is 0 Å². The first-order valence-corrected chi connectivity index (χ1v) is 8.23. The van der Waals surface area contributed by atoms with Gasteiger partial charge in [0.1, 0.15) is 5.56 Å². The molecule has 2 aromatic rings. The Hall–Kier alpha value is -2.68. The Labute approximate surface area is 148 Å². The fourth-order valence-corrected chi connectivity index (χ4v) is 2.97. The number of hydrogen-bond donors (Lipinski definition) is 1. The maximum atomic E-state index is 12.5. The third kappa shape index (κ3) is 4.05. The van der Waals surface area contributed by atoms with Gasteiger partial charge in [-0.3, -0.25) is 20.2 Å². The molecule has 2 rings (SSSR count). The molecule has 0 saturated carbocycles. The number of methoxy groups -OCH3 is 2. The number of nitrogens with zero attached hydrogens (tertiary/aromatic N) is 2. The molecule has 0 radical (unpaired) electrons. The minimum atomic E-state index is -0.640. The summed E-state index contributed by atoms with van der Waals surface area (Å²) in [7, 11) is 2.76. The summed E-state index contributed by atoms with van der Waals surface area (Å²) in [5, 5.41) is 16.1. The van der Waals surface area contributed by atoms with Crippen molar-refractivity contribution in [1.82, 2.24) is 4.98 Å². The van der Waals surface area contributed by atoms with Crippen molar-refractivity contribution < 1.29 is 19.2 Å². The van der Waals surface area contributed by atoms with Gasteiger partial charge in [0.2, 0.25) is 0 Å². The van der Waals surface area contributed by atoms with Crippen LogP contribution in [0.5, 0.6) is 11.5 Å². The molecule has 1 amide bonds. The molecule has 8 nitrogen and oxygen atoms in total. The Morgan fingerprint density at radius 1 is 1.24 bits per heavy atom. The highest BCUT2D eigenvalue weighted by Crippen LogP contribution is 2.35. The molecule has 9 heteroatoms. The van der Waals surface area contributed by atoms with E-state index in [4.69, 9.17) is 9.47 Å². The third-order valence-electron chi connectivity index (χ3n) is 3.44. The fourth-order valence-electron chi connectivity index (χ4n) is 2.04. The third-order valence-corrected chi connectivity index (χ3v) is 4.19. The number of aromatic nitrogens is 1. The van der Waals surface area contributed by atoms with Crippen LogP contribution in [0, 0.1) is 10.1 Å². The number of carbonyl (C=O) groups is 1. The van der Waals surface area contributed by atoms with Crippen LogP contribution < -0.4 is 14.8 Å². The Morgan fingerprint density at radius 3 is 2.32 bits per heavy atom. The van der Waals surface area contributed by atoms with Crippen molar-refractivity contribution in [2.45, 2.75) is 26.2 Å². The monoisotopic (exact) mass is 365 g/mol. The predicted molar refractivity (Wildman–Crippen MR) is 95.0 cm³/mol. The average Bonchev–Trinajstić information content (AvgIpc) is 3.02. The van der Waals surface area contributed by atoms with Gasteiger partial charge in [0.25, 0.3) is 11.6 Å². The van der Waals surface area contributed by atoms with Crippen molar-refractivity contribution in [3.05, 3.63) is 38.9 Å². The number of anilines is 1. The molecule has 1 heterocycles. The summed E-state index contributed by atoms with van der Waals surface area (Å²) in [6.07, 6.45) is 0. The maximum absolute atomic E-state index is 12.5. The topological polar surface area (TPSA) is 104 Å². The zero-order valence-corrected chi connectivity index (χ0v) is 15.4. The standard InChI is InChI=1S/C16H19N3O5S/c1-16(2,3)13-8-25-15(17-13)18-14(20)9-6-11(23-4)12(24-5)7-10(9)19(21)22/h6-8H,1-5H3,(H,17,18,20). The Balaban J connectivity index is 2.38. The van der Waals surface area contributed by atoms with Crippen LogP contribution in [0.3, 0.4) is 0 Å².